The summed E-state index contributed by atoms with van der Waals surface area (Å²) in [4.78, 5) is 13.3. The molecule has 0 saturated carbocycles. The number of aryl methyl sites for hydroxylation is 1. The molecule has 0 aliphatic rings. The lowest BCUT2D eigenvalue weighted by Gasteiger charge is -2.11. The Morgan fingerprint density at radius 3 is 2.61 bits per heavy atom. The van der Waals surface area contributed by atoms with Crippen LogP contribution in [0.3, 0.4) is 0 Å². The van der Waals surface area contributed by atoms with Crippen LogP contribution in [0.5, 0.6) is 0 Å². The largest absolute Gasteiger partial charge is 0.373 e. The van der Waals surface area contributed by atoms with Crippen molar-refractivity contribution in [3.05, 3.63) is 35.8 Å². The molecule has 0 aliphatic heterocycles. The number of anilines is 1. The van der Waals surface area contributed by atoms with E-state index in [1.165, 1.54) is 0 Å². The summed E-state index contributed by atoms with van der Waals surface area (Å²) in [5.74, 6) is 1.94. The molecule has 2 aromatic heterocycles. The van der Waals surface area contributed by atoms with Gasteiger partial charge in [-0.05, 0) is 24.5 Å². The van der Waals surface area contributed by atoms with E-state index in [2.05, 4.69) is 34.1 Å². The highest BCUT2D eigenvalue weighted by molar-refractivity contribution is 5.60. The molecule has 0 saturated heterocycles. The van der Waals surface area contributed by atoms with Gasteiger partial charge in [-0.2, -0.15) is 0 Å². The Morgan fingerprint density at radius 1 is 1.22 bits per heavy atom. The van der Waals surface area contributed by atoms with Crippen molar-refractivity contribution in [1.82, 2.24) is 15.0 Å². The summed E-state index contributed by atoms with van der Waals surface area (Å²) in [5, 5.41) is 3.08. The number of nitrogens with one attached hydrogen (secondary N) is 1. The molecule has 2 heterocycles. The number of hydrogen-bond acceptors (Lipinski definition) is 4. The van der Waals surface area contributed by atoms with Crippen molar-refractivity contribution < 1.29 is 0 Å². The molecule has 4 heteroatoms. The molecule has 0 unspecified atom stereocenters. The normalized spacial score (nSPS) is 10.7. The Kier molecular flexibility index (Phi) is 3.55. The van der Waals surface area contributed by atoms with E-state index in [9.17, 15) is 0 Å². The van der Waals surface area contributed by atoms with Gasteiger partial charge >= 0.3 is 0 Å². The van der Waals surface area contributed by atoms with Crippen molar-refractivity contribution in [3.63, 3.8) is 0 Å². The zero-order valence-electron chi connectivity index (χ0n) is 11.2. The molecule has 0 aromatic carbocycles. The lowest BCUT2D eigenvalue weighted by Crippen LogP contribution is -2.03. The highest BCUT2D eigenvalue weighted by Crippen LogP contribution is 2.23. The quantitative estimate of drug-likeness (QED) is 0.898. The highest BCUT2D eigenvalue weighted by atomic mass is 15.0. The van der Waals surface area contributed by atoms with E-state index in [0.717, 1.165) is 28.5 Å². The first kappa shape index (κ1) is 12.5. The first-order valence-electron chi connectivity index (χ1n) is 6.09. The first-order valence-corrected chi connectivity index (χ1v) is 6.09. The minimum Gasteiger partial charge on any atom is -0.373 e. The van der Waals surface area contributed by atoms with Gasteiger partial charge in [0.2, 0.25) is 0 Å². The fraction of sp³-hybridized carbons (Fsp3) is 0.357. The van der Waals surface area contributed by atoms with E-state index in [1.807, 2.05) is 32.3 Å². The maximum Gasteiger partial charge on any atom is 0.163 e. The second kappa shape index (κ2) is 5.12. The van der Waals surface area contributed by atoms with Crippen LogP contribution < -0.4 is 5.32 Å². The molecule has 2 rings (SSSR count). The van der Waals surface area contributed by atoms with Crippen LogP contribution in [0.25, 0.3) is 11.4 Å². The van der Waals surface area contributed by atoms with E-state index < -0.39 is 0 Å². The van der Waals surface area contributed by atoms with Crippen molar-refractivity contribution >= 4 is 5.82 Å². The van der Waals surface area contributed by atoms with E-state index in [-0.39, 0.29) is 0 Å². The zero-order valence-corrected chi connectivity index (χ0v) is 11.2. The Bertz CT molecular complexity index is 549. The van der Waals surface area contributed by atoms with Crippen molar-refractivity contribution in [3.8, 4) is 11.4 Å². The molecular weight excluding hydrogens is 224 g/mol. The summed E-state index contributed by atoms with van der Waals surface area (Å²) in [7, 11) is 1.87. The van der Waals surface area contributed by atoms with E-state index >= 15 is 0 Å². The van der Waals surface area contributed by atoms with Gasteiger partial charge in [0.25, 0.3) is 0 Å². The molecule has 18 heavy (non-hydrogen) atoms. The van der Waals surface area contributed by atoms with Gasteiger partial charge in [-0.3, -0.25) is 4.98 Å². The summed E-state index contributed by atoms with van der Waals surface area (Å²) >= 11 is 0. The van der Waals surface area contributed by atoms with E-state index in [1.54, 1.807) is 6.20 Å². The fourth-order valence-corrected chi connectivity index (χ4v) is 1.71. The Labute approximate surface area is 108 Å². The molecule has 0 bridgehead atoms. The summed E-state index contributed by atoms with van der Waals surface area (Å²) in [6.45, 7) is 6.30. The average molecular weight is 242 g/mol. The molecule has 0 spiro atoms. The molecule has 1 N–H and O–H groups in total. The van der Waals surface area contributed by atoms with Crippen molar-refractivity contribution in [1.29, 1.82) is 0 Å². The molecule has 0 radical (unpaired) electrons. The van der Waals surface area contributed by atoms with Crippen molar-refractivity contribution in [2.75, 3.05) is 12.4 Å². The second-order valence-corrected chi connectivity index (χ2v) is 4.60. The third-order valence-electron chi connectivity index (χ3n) is 2.87. The number of rotatable bonds is 3. The standard InChI is InChI=1S/C14H18N4/c1-9(2)12-7-13(15-4)18-14(17-12)11-8-16-6-5-10(11)3/h5-9H,1-4H3,(H,15,17,18). The number of hydrogen-bond donors (Lipinski definition) is 1. The maximum absolute atomic E-state index is 4.62. The smallest absolute Gasteiger partial charge is 0.163 e. The summed E-state index contributed by atoms with van der Waals surface area (Å²) in [6.07, 6.45) is 3.60. The first-order chi connectivity index (χ1) is 8.61. The molecule has 0 aliphatic carbocycles. The number of nitrogens with zero attached hydrogens (tertiary/aromatic N) is 3. The summed E-state index contributed by atoms with van der Waals surface area (Å²) < 4.78 is 0. The Hall–Kier alpha value is -1.97. The molecule has 4 nitrogen and oxygen atoms in total. The molecule has 0 amide bonds. The summed E-state index contributed by atoms with van der Waals surface area (Å²) in [5.41, 5.74) is 3.15. The van der Waals surface area contributed by atoms with Gasteiger partial charge in [-0.1, -0.05) is 13.8 Å². The lowest BCUT2D eigenvalue weighted by molar-refractivity contribution is 0.817. The number of aromatic nitrogens is 3. The van der Waals surface area contributed by atoms with Gasteiger partial charge in [-0.25, -0.2) is 9.97 Å². The van der Waals surface area contributed by atoms with Crippen LogP contribution in [0.1, 0.15) is 31.0 Å². The fourth-order valence-electron chi connectivity index (χ4n) is 1.71. The minimum atomic E-state index is 0.371. The van der Waals surface area contributed by atoms with Crippen LogP contribution in [-0.4, -0.2) is 22.0 Å². The van der Waals surface area contributed by atoms with E-state index in [0.29, 0.717) is 5.92 Å². The van der Waals surface area contributed by atoms with Gasteiger partial charge in [-0.15, -0.1) is 0 Å². The van der Waals surface area contributed by atoms with E-state index in [4.69, 9.17) is 0 Å². The monoisotopic (exact) mass is 242 g/mol. The topological polar surface area (TPSA) is 50.7 Å². The van der Waals surface area contributed by atoms with Crippen LogP contribution in [0, 0.1) is 6.92 Å². The second-order valence-electron chi connectivity index (χ2n) is 4.60. The maximum atomic E-state index is 4.62. The lowest BCUT2D eigenvalue weighted by atomic mass is 10.1. The molecule has 0 fully saturated rings. The third kappa shape index (κ3) is 2.47. The van der Waals surface area contributed by atoms with Gasteiger partial charge in [0, 0.05) is 36.8 Å². The van der Waals surface area contributed by atoms with Crippen molar-refractivity contribution in [2.45, 2.75) is 26.7 Å². The molecule has 2 aromatic rings. The predicted molar refractivity (Wildman–Crippen MR) is 73.6 cm³/mol. The summed E-state index contributed by atoms with van der Waals surface area (Å²) in [6, 6.07) is 3.96. The van der Waals surface area contributed by atoms with Crippen LogP contribution >= 0.6 is 0 Å². The van der Waals surface area contributed by atoms with Gasteiger partial charge < -0.3 is 5.32 Å². The number of pyridine rings is 1. The zero-order chi connectivity index (χ0) is 13.1. The predicted octanol–water partition coefficient (Wildman–Crippen LogP) is 3.01. The Morgan fingerprint density at radius 2 is 2.00 bits per heavy atom. The molecular formula is C14H18N4. The van der Waals surface area contributed by atoms with Crippen LogP contribution in [0.2, 0.25) is 0 Å². The molecule has 94 valence electrons. The average Bonchev–Trinajstić information content (AvgIpc) is 2.38. The van der Waals surface area contributed by atoms with Crippen LogP contribution in [0.4, 0.5) is 5.82 Å². The van der Waals surface area contributed by atoms with Gasteiger partial charge in [0.15, 0.2) is 5.82 Å². The minimum absolute atomic E-state index is 0.371. The van der Waals surface area contributed by atoms with Gasteiger partial charge in [0.05, 0.1) is 0 Å². The Balaban J connectivity index is 2.57. The SMILES string of the molecule is CNc1cc(C(C)C)nc(-c2cnccc2C)n1. The third-order valence-corrected chi connectivity index (χ3v) is 2.87. The molecule has 0 atom stereocenters. The van der Waals surface area contributed by atoms with Crippen LogP contribution in [0.15, 0.2) is 24.5 Å². The van der Waals surface area contributed by atoms with Crippen molar-refractivity contribution in [2.24, 2.45) is 0 Å². The highest BCUT2D eigenvalue weighted by Gasteiger charge is 2.10. The van der Waals surface area contributed by atoms with Crippen LogP contribution in [-0.2, 0) is 0 Å². The van der Waals surface area contributed by atoms with Gasteiger partial charge in [0.1, 0.15) is 5.82 Å².